The van der Waals surface area contributed by atoms with E-state index in [0.717, 1.165) is 15.6 Å². The maximum absolute atomic E-state index is 13.1. The summed E-state index contributed by atoms with van der Waals surface area (Å²) < 4.78 is 29.7. The lowest BCUT2D eigenvalue weighted by atomic mass is 9.87. The van der Waals surface area contributed by atoms with Gasteiger partial charge in [0, 0.05) is 10.0 Å². The van der Waals surface area contributed by atoms with Gasteiger partial charge in [-0.2, -0.15) is 4.72 Å². The minimum absolute atomic E-state index is 0.0916. The van der Waals surface area contributed by atoms with Crippen molar-refractivity contribution >= 4 is 48.3 Å². The first kappa shape index (κ1) is 26.5. The van der Waals surface area contributed by atoms with Gasteiger partial charge in [-0.25, -0.2) is 8.42 Å². The summed E-state index contributed by atoms with van der Waals surface area (Å²) in [7, 11) is -3.90. The van der Waals surface area contributed by atoms with Gasteiger partial charge in [0.05, 0.1) is 4.90 Å². The third-order valence-electron chi connectivity index (χ3n) is 5.55. The van der Waals surface area contributed by atoms with Crippen LogP contribution in [0, 0.1) is 5.92 Å². The summed E-state index contributed by atoms with van der Waals surface area (Å²) in [5.41, 5.74) is 1.81. The van der Waals surface area contributed by atoms with Crippen molar-refractivity contribution in [2.24, 2.45) is 5.92 Å². The van der Waals surface area contributed by atoms with Crippen molar-refractivity contribution in [2.75, 3.05) is 5.32 Å². The van der Waals surface area contributed by atoms with Crippen LogP contribution in [0.5, 0.6) is 0 Å². The Bertz CT molecular complexity index is 1230. The Labute approximate surface area is 213 Å². The second-order valence-corrected chi connectivity index (χ2v) is 12.8. The molecular weight excluding hydrogens is 536 g/mol. The van der Waals surface area contributed by atoms with E-state index in [0.29, 0.717) is 16.6 Å². The van der Waals surface area contributed by atoms with Crippen LogP contribution in [0.2, 0.25) is 0 Å². The second-order valence-electron chi connectivity index (χ2n) is 9.17. The highest BCUT2D eigenvalue weighted by molar-refractivity contribution is 9.10. The van der Waals surface area contributed by atoms with E-state index in [1.54, 1.807) is 24.3 Å². The van der Waals surface area contributed by atoms with E-state index in [2.05, 4.69) is 56.9 Å². The largest absolute Gasteiger partial charge is 0.299 e. The van der Waals surface area contributed by atoms with E-state index in [-0.39, 0.29) is 16.2 Å². The van der Waals surface area contributed by atoms with Gasteiger partial charge in [-0.05, 0) is 41.2 Å². The first-order chi connectivity index (χ1) is 15.9. The Morgan fingerprint density at radius 3 is 2.24 bits per heavy atom. The minimum atomic E-state index is -3.90. The number of rotatable bonds is 8. The molecule has 7 nitrogen and oxygen atoms in total. The van der Waals surface area contributed by atoms with Crippen molar-refractivity contribution < 1.29 is 13.2 Å². The van der Waals surface area contributed by atoms with Crippen LogP contribution in [0.3, 0.4) is 0 Å². The average Bonchev–Trinajstić information content (AvgIpc) is 3.25. The van der Waals surface area contributed by atoms with E-state index in [9.17, 15) is 13.2 Å². The zero-order valence-corrected chi connectivity index (χ0v) is 23.0. The van der Waals surface area contributed by atoms with E-state index >= 15 is 0 Å². The summed E-state index contributed by atoms with van der Waals surface area (Å²) >= 11 is 4.63. The molecule has 0 aliphatic carbocycles. The molecule has 3 aromatic rings. The molecule has 0 bridgehead atoms. The third kappa shape index (κ3) is 6.50. The Balaban J connectivity index is 1.78. The molecule has 2 atom stereocenters. The van der Waals surface area contributed by atoms with E-state index in [1.807, 2.05) is 38.1 Å². The topological polar surface area (TPSA) is 101 Å². The van der Waals surface area contributed by atoms with Crippen LogP contribution in [-0.4, -0.2) is 30.6 Å². The molecule has 2 N–H and O–H groups in total. The Hall–Kier alpha value is -2.14. The van der Waals surface area contributed by atoms with Crippen molar-refractivity contribution in [1.82, 2.24) is 14.9 Å². The van der Waals surface area contributed by atoms with Gasteiger partial charge < -0.3 is 0 Å². The first-order valence-corrected chi connectivity index (χ1v) is 14.0. The molecule has 0 radical (unpaired) electrons. The predicted octanol–water partition coefficient (Wildman–Crippen LogP) is 5.60. The maximum atomic E-state index is 13.1. The molecular formula is C24H29BrN4O3S2. The molecule has 0 fully saturated rings. The van der Waals surface area contributed by atoms with Crippen LogP contribution in [0.1, 0.15) is 46.6 Å². The number of halogens is 1. The molecule has 0 aliphatic rings. The fourth-order valence-electron chi connectivity index (χ4n) is 3.20. The molecule has 2 aromatic carbocycles. The molecule has 10 heteroatoms. The van der Waals surface area contributed by atoms with Crippen LogP contribution in [-0.2, 0) is 20.2 Å². The molecule has 1 amide bonds. The van der Waals surface area contributed by atoms with Crippen molar-refractivity contribution in [3.63, 3.8) is 0 Å². The lowest BCUT2D eigenvalue weighted by molar-refractivity contribution is -0.118. The summed E-state index contributed by atoms with van der Waals surface area (Å²) in [6, 6.07) is 13.4. The molecule has 182 valence electrons. The minimum Gasteiger partial charge on any atom is -0.299 e. The fraction of sp³-hybridized carbons (Fsp3) is 0.375. The Morgan fingerprint density at radius 1 is 1.06 bits per heavy atom. The summed E-state index contributed by atoms with van der Waals surface area (Å²) in [6.07, 6.45) is 0.615. The Kier molecular flexibility index (Phi) is 8.28. The number of amides is 1. The number of carbonyl (C=O) groups is 1. The van der Waals surface area contributed by atoms with Crippen molar-refractivity contribution in [3.05, 3.63) is 58.6 Å². The molecule has 0 saturated carbocycles. The lowest BCUT2D eigenvalue weighted by Crippen LogP contribution is -2.47. The van der Waals surface area contributed by atoms with Crippen LogP contribution in [0.4, 0.5) is 5.13 Å². The summed E-state index contributed by atoms with van der Waals surface area (Å²) in [5, 5.41) is 11.9. The number of anilines is 1. The monoisotopic (exact) mass is 564 g/mol. The number of carbonyl (C=O) groups excluding carboxylic acids is 1. The quantitative estimate of drug-likeness (QED) is 0.371. The van der Waals surface area contributed by atoms with Crippen LogP contribution >= 0.6 is 27.3 Å². The number of nitrogens with zero attached hydrogens (tertiary/aromatic N) is 2. The second kappa shape index (κ2) is 10.6. The van der Waals surface area contributed by atoms with Crippen molar-refractivity contribution in [2.45, 2.75) is 57.4 Å². The number of hydrogen-bond donors (Lipinski definition) is 2. The van der Waals surface area contributed by atoms with E-state index in [4.69, 9.17) is 0 Å². The van der Waals surface area contributed by atoms with Crippen molar-refractivity contribution in [3.8, 4) is 10.6 Å². The summed E-state index contributed by atoms with van der Waals surface area (Å²) in [5.74, 6) is -0.703. The van der Waals surface area contributed by atoms with Gasteiger partial charge in [-0.3, -0.25) is 10.1 Å². The zero-order chi connectivity index (χ0) is 25.1. The number of hydrogen-bond acceptors (Lipinski definition) is 6. The standard InChI is InChI=1S/C24H29BrN4O3S2/c1-6-15(2)20(29-34(31,32)19-13-9-17(10-14-19)24(3,4)5)21(30)26-23-28-27-22(33-23)16-7-11-18(25)12-8-16/h7-15,20,29H,6H2,1-5H3,(H,26,28,30)/t15-,20-/m1/s1. The molecule has 1 heterocycles. The highest BCUT2D eigenvalue weighted by atomic mass is 79.9. The first-order valence-electron chi connectivity index (χ1n) is 10.9. The van der Waals surface area contributed by atoms with Gasteiger partial charge in [0.2, 0.25) is 21.1 Å². The summed E-state index contributed by atoms with van der Waals surface area (Å²) in [6.45, 7) is 9.94. The highest BCUT2D eigenvalue weighted by Gasteiger charge is 2.30. The summed E-state index contributed by atoms with van der Waals surface area (Å²) in [4.78, 5) is 13.2. The molecule has 34 heavy (non-hydrogen) atoms. The van der Waals surface area contributed by atoms with Gasteiger partial charge in [-0.15, -0.1) is 10.2 Å². The molecule has 0 spiro atoms. The van der Waals surface area contributed by atoms with Crippen LogP contribution in [0.25, 0.3) is 10.6 Å². The average molecular weight is 566 g/mol. The molecule has 3 rings (SSSR count). The zero-order valence-electron chi connectivity index (χ0n) is 19.8. The SMILES string of the molecule is CC[C@@H](C)[C@@H](NS(=O)(=O)c1ccc(C(C)(C)C)cc1)C(=O)Nc1nnc(-c2ccc(Br)cc2)s1. The Morgan fingerprint density at radius 2 is 1.68 bits per heavy atom. The molecule has 1 aromatic heterocycles. The number of benzene rings is 2. The lowest BCUT2D eigenvalue weighted by Gasteiger charge is -2.23. The van der Waals surface area contributed by atoms with Gasteiger partial charge in [0.1, 0.15) is 11.0 Å². The predicted molar refractivity (Wildman–Crippen MR) is 140 cm³/mol. The van der Waals surface area contributed by atoms with E-state index in [1.165, 1.54) is 11.3 Å². The smallest absolute Gasteiger partial charge is 0.244 e. The highest BCUT2D eigenvalue weighted by Crippen LogP contribution is 2.28. The normalized spacial score (nSPS) is 13.9. The molecule has 0 aliphatic heterocycles. The van der Waals surface area contributed by atoms with E-state index < -0.39 is 22.0 Å². The van der Waals surface area contributed by atoms with Gasteiger partial charge in [0.15, 0.2) is 0 Å². The van der Waals surface area contributed by atoms with Gasteiger partial charge in [0.25, 0.3) is 0 Å². The van der Waals surface area contributed by atoms with Crippen LogP contribution in [0.15, 0.2) is 57.9 Å². The third-order valence-corrected chi connectivity index (χ3v) is 8.43. The molecule has 0 unspecified atom stereocenters. The number of sulfonamides is 1. The fourth-order valence-corrected chi connectivity index (χ4v) is 5.52. The number of aromatic nitrogens is 2. The van der Waals surface area contributed by atoms with Crippen LogP contribution < -0.4 is 10.0 Å². The maximum Gasteiger partial charge on any atom is 0.244 e. The molecule has 0 saturated heterocycles. The van der Waals surface area contributed by atoms with Gasteiger partial charge >= 0.3 is 0 Å². The number of nitrogens with one attached hydrogen (secondary N) is 2. The van der Waals surface area contributed by atoms with Crippen molar-refractivity contribution in [1.29, 1.82) is 0 Å². The van der Waals surface area contributed by atoms with Gasteiger partial charge in [-0.1, -0.05) is 92.6 Å².